The third-order valence-corrected chi connectivity index (χ3v) is 2.74. The molecule has 0 radical (unpaired) electrons. The molecule has 0 unspecified atom stereocenters. The molecule has 0 aromatic rings. The van der Waals surface area contributed by atoms with Crippen LogP contribution in [0.15, 0.2) is 0 Å². The fourth-order valence-electron chi connectivity index (χ4n) is 1.65. The topological polar surface area (TPSA) is 47.9 Å². The minimum atomic E-state index is -0.608. The number of aliphatic hydroxyl groups excluding tert-OH is 1. The molecule has 0 aromatic carbocycles. The molecule has 0 saturated carbocycles. The molecule has 1 heterocycles. The van der Waals surface area contributed by atoms with Gasteiger partial charge in [0, 0.05) is 20.6 Å². The van der Waals surface area contributed by atoms with Gasteiger partial charge in [0.15, 0.2) is 6.29 Å². The van der Waals surface area contributed by atoms with Crippen LogP contribution in [-0.4, -0.2) is 43.4 Å². The van der Waals surface area contributed by atoms with Crippen molar-refractivity contribution in [2.24, 2.45) is 0 Å². The molecule has 1 rings (SSSR count). The molecule has 0 bridgehead atoms. The minimum Gasteiger partial charge on any atom is -0.387 e. The molecule has 1 aliphatic rings. The molecule has 1 saturated heterocycles. The summed E-state index contributed by atoms with van der Waals surface area (Å²) in [5.74, 6) is 0. The molecule has 4 heteroatoms. The van der Waals surface area contributed by atoms with Crippen LogP contribution >= 0.6 is 0 Å². The number of methoxy groups -OCH3 is 2. The van der Waals surface area contributed by atoms with E-state index in [2.05, 4.69) is 0 Å². The summed E-state index contributed by atoms with van der Waals surface area (Å²) in [6.07, 6.45) is -0.609. The largest absolute Gasteiger partial charge is 0.387 e. The first kappa shape index (κ1) is 10.9. The van der Waals surface area contributed by atoms with E-state index in [1.807, 2.05) is 13.8 Å². The van der Waals surface area contributed by atoms with Gasteiger partial charge in [-0.15, -0.1) is 0 Å². The molecule has 0 amide bonds. The Kier molecular flexibility index (Phi) is 3.29. The Morgan fingerprint density at radius 2 is 2.08 bits per heavy atom. The zero-order chi connectivity index (χ0) is 10.1. The lowest BCUT2D eigenvalue weighted by molar-refractivity contribution is -0.271. The van der Waals surface area contributed by atoms with Crippen LogP contribution in [0.3, 0.4) is 0 Å². The Morgan fingerprint density at radius 1 is 1.46 bits per heavy atom. The summed E-state index contributed by atoms with van der Waals surface area (Å²) in [5.41, 5.74) is -0.571. The average Bonchev–Trinajstić information content (AvgIpc) is 2.13. The van der Waals surface area contributed by atoms with Gasteiger partial charge in [-0.3, -0.25) is 0 Å². The summed E-state index contributed by atoms with van der Waals surface area (Å²) in [5, 5.41) is 9.80. The first-order valence-electron chi connectivity index (χ1n) is 4.45. The Labute approximate surface area is 78.8 Å². The van der Waals surface area contributed by atoms with Gasteiger partial charge in [-0.1, -0.05) is 0 Å². The van der Waals surface area contributed by atoms with Crippen molar-refractivity contribution >= 4 is 0 Å². The molecular weight excluding hydrogens is 172 g/mol. The zero-order valence-corrected chi connectivity index (χ0v) is 8.61. The quantitative estimate of drug-likeness (QED) is 0.690. The van der Waals surface area contributed by atoms with Crippen molar-refractivity contribution < 1.29 is 19.3 Å². The Hall–Kier alpha value is -0.160. The van der Waals surface area contributed by atoms with Crippen molar-refractivity contribution in [2.45, 2.75) is 44.4 Å². The second kappa shape index (κ2) is 3.92. The zero-order valence-electron chi connectivity index (χ0n) is 8.61. The first-order valence-corrected chi connectivity index (χ1v) is 4.45. The van der Waals surface area contributed by atoms with Crippen LogP contribution in [-0.2, 0) is 14.2 Å². The lowest BCUT2D eigenvalue weighted by atomic mass is 9.88. The number of rotatable bonds is 2. The molecule has 4 atom stereocenters. The van der Waals surface area contributed by atoms with Crippen molar-refractivity contribution in [1.82, 2.24) is 0 Å². The van der Waals surface area contributed by atoms with Gasteiger partial charge in [-0.2, -0.15) is 0 Å². The second-order valence-corrected chi connectivity index (χ2v) is 3.67. The minimum absolute atomic E-state index is 0.261. The van der Waals surface area contributed by atoms with Gasteiger partial charge in [0.1, 0.15) is 6.10 Å². The first-order chi connectivity index (χ1) is 6.03. The maximum atomic E-state index is 9.80. The van der Waals surface area contributed by atoms with E-state index in [1.165, 1.54) is 0 Å². The molecule has 0 aliphatic carbocycles. The van der Waals surface area contributed by atoms with Crippen LogP contribution in [0.5, 0.6) is 0 Å². The van der Waals surface area contributed by atoms with Crippen LogP contribution in [0, 0.1) is 0 Å². The average molecular weight is 190 g/mol. The molecule has 1 fully saturated rings. The fourth-order valence-corrected chi connectivity index (χ4v) is 1.65. The van der Waals surface area contributed by atoms with E-state index < -0.39 is 11.7 Å². The third kappa shape index (κ3) is 2.02. The van der Waals surface area contributed by atoms with Crippen molar-refractivity contribution in [3.05, 3.63) is 0 Å². The Morgan fingerprint density at radius 3 is 2.54 bits per heavy atom. The predicted molar refractivity (Wildman–Crippen MR) is 47.4 cm³/mol. The van der Waals surface area contributed by atoms with E-state index in [9.17, 15) is 5.11 Å². The fraction of sp³-hybridized carbons (Fsp3) is 1.00. The molecule has 13 heavy (non-hydrogen) atoms. The van der Waals surface area contributed by atoms with Crippen molar-refractivity contribution in [3.8, 4) is 0 Å². The number of aliphatic hydroxyl groups is 1. The summed E-state index contributed by atoms with van der Waals surface area (Å²) in [7, 11) is 3.18. The maximum absolute atomic E-state index is 9.80. The standard InChI is InChI=1S/C9H18O4/c1-6-8(10)9(2,12-4)5-7(11-3)13-6/h6-8,10H,5H2,1-4H3/t6-,7-,8+,9+/m1/s1. The number of hydrogen-bond donors (Lipinski definition) is 1. The second-order valence-electron chi connectivity index (χ2n) is 3.67. The van der Waals surface area contributed by atoms with Gasteiger partial charge in [0.2, 0.25) is 0 Å². The highest BCUT2D eigenvalue weighted by Crippen LogP contribution is 2.31. The molecule has 1 N–H and O–H groups in total. The van der Waals surface area contributed by atoms with Gasteiger partial charge in [0.05, 0.1) is 11.7 Å². The van der Waals surface area contributed by atoms with Crippen LogP contribution in [0.25, 0.3) is 0 Å². The van der Waals surface area contributed by atoms with E-state index in [-0.39, 0.29) is 12.4 Å². The van der Waals surface area contributed by atoms with Crippen LogP contribution in [0.1, 0.15) is 20.3 Å². The SMILES string of the molecule is CO[C@H]1C[C@](C)(OC)[C@@H](O)[C@@H](C)O1. The van der Waals surface area contributed by atoms with Crippen LogP contribution < -0.4 is 0 Å². The number of ether oxygens (including phenoxy) is 3. The van der Waals surface area contributed by atoms with Crippen LogP contribution in [0.2, 0.25) is 0 Å². The summed E-state index contributed by atoms with van der Waals surface area (Å²) in [4.78, 5) is 0. The van der Waals surface area contributed by atoms with Crippen molar-refractivity contribution in [2.75, 3.05) is 14.2 Å². The van der Waals surface area contributed by atoms with E-state index in [1.54, 1.807) is 14.2 Å². The van der Waals surface area contributed by atoms with E-state index in [0.29, 0.717) is 6.42 Å². The third-order valence-electron chi connectivity index (χ3n) is 2.74. The van der Waals surface area contributed by atoms with E-state index >= 15 is 0 Å². The van der Waals surface area contributed by atoms with Gasteiger partial charge in [-0.25, -0.2) is 0 Å². The van der Waals surface area contributed by atoms with Gasteiger partial charge >= 0.3 is 0 Å². The predicted octanol–water partition coefficient (Wildman–Crippen LogP) is 0.534. The molecule has 0 spiro atoms. The summed E-state index contributed by atoms with van der Waals surface area (Å²) < 4.78 is 15.8. The van der Waals surface area contributed by atoms with Crippen molar-refractivity contribution in [3.63, 3.8) is 0 Å². The summed E-state index contributed by atoms with van der Waals surface area (Å²) in [6, 6.07) is 0. The molecule has 0 aromatic heterocycles. The van der Waals surface area contributed by atoms with Gasteiger partial charge in [-0.05, 0) is 13.8 Å². The lowest BCUT2D eigenvalue weighted by Crippen LogP contribution is -2.56. The summed E-state index contributed by atoms with van der Waals surface area (Å²) in [6.45, 7) is 3.68. The molecular formula is C9H18O4. The summed E-state index contributed by atoms with van der Waals surface area (Å²) >= 11 is 0. The highest BCUT2D eigenvalue weighted by molar-refractivity contribution is 4.92. The Balaban J connectivity index is 2.71. The molecule has 1 aliphatic heterocycles. The smallest absolute Gasteiger partial charge is 0.160 e. The van der Waals surface area contributed by atoms with Gasteiger partial charge in [0.25, 0.3) is 0 Å². The van der Waals surface area contributed by atoms with Crippen LogP contribution in [0.4, 0.5) is 0 Å². The molecule has 4 nitrogen and oxygen atoms in total. The van der Waals surface area contributed by atoms with Gasteiger partial charge < -0.3 is 19.3 Å². The highest BCUT2D eigenvalue weighted by atomic mass is 16.7. The normalized spacial score (nSPS) is 46.4. The van der Waals surface area contributed by atoms with Crippen molar-refractivity contribution in [1.29, 1.82) is 0 Å². The van der Waals surface area contributed by atoms with E-state index in [4.69, 9.17) is 14.2 Å². The lowest BCUT2D eigenvalue weighted by Gasteiger charge is -2.43. The number of hydrogen-bond acceptors (Lipinski definition) is 4. The Bertz CT molecular complexity index is 173. The van der Waals surface area contributed by atoms with E-state index in [0.717, 1.165) is 0 Å². The monoisotopic (exact) mass is 190 g/mol. The molecule has 78 valence electrons. The maximum Gasteiger partial charge on any atom is 0.160 e. The highest BCUT2D eigenvalue weighted by Gasteiger charge is 2.44.